The molecule has 0 atom stereocenters. The summed E-state index contributed by atoms with van der Waals surface area (Å²) in [5.74, 6) is -21.6. The summed E-state index contributed by atoms with van der Waals surface area (Å²) < 4.78 is 117. The Morgan fingerprint density at radius 1 is 0.735 bits per heavy atom. The van der Waals surface area contributed by atoms with Crippen LogP contribution in [0.4, 0.5) is 35.1 Å². The number of carboxylic acids is 1. The Morgan fingerprint density at radius 3 is 1.41 bits per heavy atom. The van der Waals surface area contributed by atoms with Crippen molar-refractivity contribution in [1.29, 1.82) is 0 Å². The van der Waals surface area contributed by atoms with Gasteiger partial charge in [0.2, 0.25) is 5.91 Å². The molecule has 0 aromatic heterocycles. The van der Waals surface area contributed by atoms with Gasteiger partial charge in [0, 0.05) is 17.9 Å². The summed E-state index contributed by atoms with van der Waals surface area (Å²) in [5, 5.41) is 10.8. The Hall–Kier alpha value is -2.52. The highest BCUT2D eigenvalue weighted by Gasteiger charge is 2.37. The van der Waals surface area contributed by atoms with Gasteiger partial charge in [-0.2, -0.15) is 0 Å². The summed E-state index contributed by atoms with van der Waals surface area (Å²) >= 11 is 0.143. The van der Waals surface area contributed by atoms with E-state index in [2.05, 4.69) is 5.32 Å². The van der Waals surface area contributed by atoms with Gasteiger partial charge in [-0.05, 0) is 0 Å². The number of hydrogen-bond acceptors (Lipinski definition) is 5. The van der Waals surface area contributed by atoms with Crippen molar-refractivity contribution in [2.24, 2.45) is 5.73 Å². The van der Waals surface area contributed by atoms with Crippen molar-refractivity contribution in [2.75, 3.05) is 11.5 Å². The maximum absolute atomic E-state index is 14.6. The van der Waals surface area contributed by atoms with E-state index in [0.29, 0.717) is 0 Å². The number of thioether (sulfide) groups is 2. The molecule has 0 unspecified atom stereocenters. The molecule has 34 heavy (non-hydrogen) atoms. The van der Waals surface area contributed by atoms with E-state index in [1.165, 1.54) is 0 Å². The fraction of sp³-hybridized carbons (Fsp3) is 0.263. The number of halogens is 8. The Morgan fingerprint density at radius 2 is 1.09 bits per heavy atom. The molecule has 0 fully saturated rings. The van der Waals surface area contributed by atoms with Crippen LogP contribution in [0, 0.1) is 46.5 Å². The highest BCUT2D eigenvalue weighted by molar-refractivity contribution is 8.00. The lowest BCUT2D eigenvalue weighted by molar-refractivity contribution is -0.139. The van der Waals surface area contributed by atoms with E-state index in [1.54, 1.807) is 0 Å². The molecule has 5 nitrogen and oxygen atoms in total. The minimum Gasteiger partial charge on any atom is -0.481 e. The maximum Gasteiger partial charge on any atom is 0.303 e. The Bertz CT molecular complexity index is 1080. The zero-order valence-corrected chi connectivity index (χ0v) is 18.1. The van der Waals surface area contributed by atoms with Crippen molar-refractivity contribution in [2.45, 2.75) is 28.3 Å². The van der Waals surface area contributed by atoms with Gasteiger partial charge in [-0.25, -0.2) is 35.1 Å². The van der Waals surface area contributed by atoms with Gasteiger partial charge >= 0.3 is 5.97 Å². The molecule has 0 spiro atoms. The van der Waals surface area contributed by atoms with Crippen LogP contribution in [0.5, 0.6) is 0 Å². The second-order valence-electron chi connectivity index (χ2n) is 7.10. The first-order valence-corrected chi connectivity index (χ1v) is 11.1. The molecule has 4 bridgehead atoms. The van der Waals surface area contributed by atoms with Crippen molar-refractivity contribution in [3.05, 3.63) is 46.5 Å². The molecule has 15 heteroatoms. The van der Waals surface area contributed by atoms with Crippen LogP contribution in [0.3, 0.4) is 0 Å². The number of carbonyl (C=O) groups is 2. The minimum absolute atomic E-state index is 0.0713. The van der Waals surface area contributed by atoms with Crippen LogP contribution in [0.15, 0.2) is 9.79 Å². The third-order valence-corrected chi connectivity index (χ3v) is 7.21. The topological polar surface area (TPSA) is 92.4 Å². The second-order valence-corrected chi connectivity index (χ2v) is 9.07. The van der Waals surface area contributed by atoms with E-state index in [4.69, 9.17) is 10.8 Å². The lowest BCUT2D eigenvalue weighted by Crippen LogP contribution is -2.60. The molecule has 5 rings (SSSR count). The van der Waals surface area contributed by atoms with Gasteiger partial charge in [0.15, 0.2) is 46.5 Å². The van der Waals surface area contributed by atoms with Gasteiger partial charge < -0.3 is 16.2 Å². The van der Waals surface area contributed by atoms with Crippen molar-refractivity contribution < 1.29 is 49.8 Å². The summed E-state index contributed by atoms with van der Waals surface area (Å²) in [6, 6.07) is 0. The molecular formula is C19H12F8N2O3S2. The minimum atomic E-state index is -2.31. The van der Waals surface area contributed by atoms with Gasteiger partial charge in [0.25, 0.3) is 0 Å². The van der Waals surface area contributed by atoms with Gasteiger partial charge in [0.1, 0.15) is 5.66 Å². The highest BCUT2D eigenvalue weighted by atomic mass is 32.2. The standard InChI is InChI=1S/C19H12F8N2O3S2/c20-9-7-8-11(22)15(26)18(16(27)12(8)23)34-4-19(28,29-5(30)1-2-6(31)32)3-33-17(13(9)24)14(25)10(7)21/h1-4,28H2,(H,29,30)(H,31,32). The first-order valence-electron chi connectivity index (χ1n) is 9.08. The van der Waals surface area contributed by atoms with Gasteiger partial charge in [-0.1, -0.05) is 0 Å². The van der Waals surface area contributed by atoms with E-state index in [1.807, 2.05) is 0 Å². The summed E-state index contributed by atoms with van der Waals surface area (Å²) in [6.45, 7) is 0. The maximum atomic E-state index is 14.6. The predicted molar refractivity (Wildman–Crippen MR) is 105 cm³/mol. The monoisotopic (exact) mass is 532 g/mol. The quantitative estimate of drug-likeness (QED) is 0.309. The Kier molecular flexibility index (Phi) is 7.38. The number of rotatable bonds is 4. The van der Waals surface area contributed by atoms with Crippen LogP contribution in [0.25, 0.3) is 11.1 Å². The summed E-state index contributed by atoms with van der Waals surface area (Å²) in [4.78, 5) is 20.1. The van der Waals surface area contributed by atoms with Gasteiger partial charge in [-0.15, -0.1) is 23.5 Å². The first kappa shape index (κ1) is 26.1. The summed E-state index contributed by atoms with van der Waals surface area (Å²) in [6.07, 6.45) is -1.27. The lowest BCUT2D eigenvalue weighted by Gasteiger charge is -2.30. The molecule has 3 aliphatic heterocycles. The van der Waals surface area contributed by atoms with E-state index >= 15 is 0 Å². The molecule has 1 amide bonds. The molecule has 3 heterocycles. The average Bonchev–Trinajstić information content (AvgIpc) is 2.77. The van der Waals surface area contributed by atoms with Crippen LogP contribution >= 0.6 is 23.5 Å². The van der Waals surface area contributed by atoms with Crippen molar-refractivity contribution >= 4 is 35.4 Å². The van der Waals surface area contributed by atoms with Crippen LogP contribution in [-0.2, 0) is 9.59 Å². The zero-order valence-electron chi connectivity index (χ0n) is 16.5. The highest BCUT2D eigenvalue weighted by Crippen LogP contribution is 2.43. The fourth-order valence-electron chi connectivity index (χ4n) is 2.99. The molecule has 0 radical (unpaired) electrons. The number of benzene rings is 2. The fourth-order valence-corrected chi connectivity index (χ4v) is 5.14. The number of carbonyl (C=O) groups excluding carboxylic acids is 1. The van der Waals surface area contributed by atoms with Crippen LogP contribution in [-0.4, -0.2) is 34.2 Å². The van der Waals surface area contributed by atoms with Crippen LogP contribution in [0.1, 0.15) is 12.8 Å². The zero-order chi connectivity index (χ0) is 25.5. The van der Waals surface area contributed by atoms with Crippen molar-refractivity contribution in [3.63, 3.8) is 0 Å². The summed E-state index contributed by atoms with van der Waals surface area (Å²) in [7, 11) is 0. The number of nitrogens with two attached hydrogens (primary N) is 1. The van der Waals surface area contributed by atoms with E-state index in [0.717, 1.165) is 0 Å². The molecule has 3 aliphatic rings. The van der Waals surface area contributed by atoms with Crippen molar-refractivity contribution in [1.82, 2.24) is 5.32 Å². The largest absolute Gasteiger partial charge is 0.481 e. The predicted octanol–water partition coefficient (Wildman–Crippen LogP) is 4.30. The number of hydrogen-bond donors (Lipinski definition) is 3. The molecule has 0 saturated heterocycles. The molecule has 0 saturated carbocycles. The molecule has 0 aliphatic carbocycles. The Balaban J connectivity index is 2.23. The number of carboxylic acid groups (broad SMARTS) is 1. The first-order chi connectivity index (χ1) is 15.8. The molecule has 184 valence electrons. The third-order valence-electron chi connectivity index (χ3n) is 4.60. The number of nitrogens with one attached hydrogen (secondary N) is 1. The van der Waals surface area contributed by atoms with Crippen molar-refractivity contribution in [3.8, 4) is 11.1 Å². The SMILES string of the molecule is NC1(NC(=O)CCC(=O)O)CSc2c(F)c(F)c(c(F)c2F)-c2c(F)c(F)c(c(F)c2F)SC1. The number of amides is 1. The van der Waals surface area contributed by atoms with Crippen LogP contribution < -0.4 is 11.1 Å². The number of fused-ring (bicyclic) bond motifs is 2. The molecule has 4 N–H and O–H groups in total. The van der Waals surface area contributed by atoms with E-state index < -0.39 is 109 Å². The normalized spacial score (nSPS) is 15.0. The van der Waals surface area contributed by atoms with E-state index in [-0.39, 0.29) is 23.5 Å². The van der Waals surface area contributed by atoms with Gasteiger partial charge in [-0.3, -0.25) is 9.59 Å². The smallest absolute Gasteiger partial charge is 0.303 e. The molecular weight excluding hydrogens is 520 g/mol. The Labute approximate surface area is 194 Å². The van der Waals surface area contributed by atoms with Crippen LogP contribution in [0.2, 0.25) is 0 Å². The molecule has 2 aromatic carbocycles. The third kappa shape index (κ3) is 4.68. The average molecular weight is 532 g/mol. The number of aliphatic carboxylic acids is 1. The second kappa shape index (κ2) is 9.62. The lowest BCUT2D eigenvalue weighted by atomic mass is 10.0. The molecule has 2 aromatic rings. The summed E-state index contributed by atoms with van der Waals surface area (Å²) in [5.41, 5.74) is -0.132. The van der Waals surface area contributed by atoms with Gasteiger partial charge in [0.05, 0.1) is 27.3 Å². The van der Waals surface area contributed by atoms with E-state index in [9.17, 15) is 44.7 Å².